The first-order chi connectivity index (χ1) is 8.74. The zero-order chi connectivity index (χ0) is 13.6. The molecule has 0 spiro atoms. The van der Waals surface area contributed by atoms with Gasteiger partial charge in [-0.05, 0) is 39.2 Å². The Bertz CT molecular complexity index is 160. The third kappa shape index (κ3) is 11.3. The van der Waals surface area contributed by atoms with E-state index in [1.165, 1.54) is 6.42 Å². The van der Waals surface area contributed by atoms with Crippen LogP contribution in [0.2, 0.25) is 0 Å². The molecule has 0 radical (unpaired) electrons. The molecule has 0 aromatic rings. The van der Waals surface area contributed by atoms with E-state index in [9.17, 15) is 0 Å². The molecule has 3 nitrogen and oxygen atoms in total. The van der Waals surface area contributed by atoms with Crippen molar-refractivity contribution in [2.45, 2.75) is 33.6 Å². The molecule has 0 amide bonds. The second-order valence-corrected chi connectivity index (χ2v) is 4.98. The second kappa shape index (κ2) is 13.6. The van der Waals surface area contributed by atoms with Gasteiger partial charge < -0.3 is 9.47 Å². The molecule has 1 atom stereocenters. The third-order valence-corrected chi connectivity index (χ3v) is 3.27. The normalized spacial score (nSPS) is 13.2. The van der Waals surface area contributed by atoms with E-state index in [4.69, 9.17) is 21.1 Å². The molecular weight excluding hydrogens is 250 g/mol. The molecule has 0 N–H and O–H groups in total. The van der Waals surface area contributed by atoms with Gasteiger partial charge in [-0.1, -0.05) is 6.92 Å². The summed E-state index contributed by atoms with van der Waals surface area (Å²) in [6.45, 7) is 12.6. The highest BCUT2D eigenvalue weighted by molar-refractivity contribution is 6.17. The summed E-state index contributed by atoms with van der Waals surface area (Å²) in [6, 6.07) is 0. The first-order valence-corrected chi connectivity index (χ1v) is 7.71. The van der Waals surface area contributed by atoms with Gasteiger partial charge in [0.25, 0.3) is 0 Å². The molecule has 0 aromatic carbocycles. The van der Waals surface area contributed by atoms with Gasteiger partial charge in [0.2, 0.25) is 0 Å². The molecule has 0 saturated carbocycles. The van der Waals surface area contributed by atoms with Crippen LogP contribution in [0.15, 0.2) is 0 Å². The van der Waals surface area contributed by atoms with Gasteiger partial charge in [-0.25, -0.2) is 0 Å². The van der Waals surface area contributed by atoms with Crippen molar-refractivity contribution >= 4 is 11.6 Å². The Kier molecular flexibility index (Phi) is 13.7. The molecule has 0 aliphatic carbocycles. The van der Waals surface area contributed by atoms with Crippen LogP contribution in [0.1, 0.15) is 33.6 Å². The highest BCUT2D eigenvalue weighted by Gasteiger charge is 2.08. The van der Waals surface area contributed by atoms with Crippen LogP contribution in [0, 0.1) is 5.92 Å². The van der Waals surface area contributed by atoms with Crippen molar-refractivity contribution in [1.82, 2.24) is 4.90 Å². The molecule has 0 fully saturated rings. The average molecular weight is 280 g/mol. The minimum atomic E-state index is 0.698. The number of alkyl halides is 1. The number of rotatable bonds is 13. The first kappa shape index (κ1) is 18.2. The standard InChI is InChI=1S/C14H30ClNO2/c1-4-17-12-10-16(11-13-18-5-2)9-7-14(3)6-8-15/h14H,4-13H2,1-3H3. The van der Waals surface area contributed by atoms with Gasteiger partial charge in [0, 0.05) is 32.2 Å². The molecule has 0 rings (SSSR count). The molecule has 0 heterocycles. The molecule has 4 heteroatoms. The molecular formula is C14H30ClNO2. The van der Waals surface area contributed by atoms with Crippen molar-refractivity contribution < 1.29 is 9.47 Å². The van der Waals surface area contributed by atoms with E-state index in [0.717, 1.165) is 58.4 Å². The SMILES string of the molecule is CCOCCN(CCOCC)CCC(C)CCCl. The summed E-state index contributed by atoms with van der Waals surface area (Å²) in [5.41, 5.74) is 0. The van der Waals surface area contributed by atoms with Crippen molar-refractivity contribution in [2.75, 3.05) is 51.9 Å². The minimum absolute atomic E-state index is 0.698. The van der Waals surface area contributed by atoms with Gasteiger partial charge >= 0.3 is 0 Å². The van der Waals surface area contributed by atoms with E-state index in [2.05, 4.69) is 11.8 Å². The molecule has 110 valence electrons. The summed E-state index contributed by atoms with van der Waals surface area (Å²) < 4.78 is 10.8. The second-order valence-electron chi connectivity index (χ2n) is 4.61. The lowest BCUT2D eigenvalue weighted by atomic mass is 10.1. The van der Waals surface area contributed by atoms with Crippen LogP contribution in [0.4, 0.5) is 0 Å². The molecule has 0 aliphatic rings. The minimum Gasteiger partial charge on any atom is -0.380 e. The quantitative estimate of drug-likeness (QED) is 0.382. The lowest BCUT2D eigenvalue weighted by molar-refractivity contribution is 0.0805. The van der Waals surface area contributed by atoms with Crippen LogP contribution in [0.3, 0.4) is 0 Å². The number of hydrogen-bond acceptors (Lipinski definition) is 3. The monoisotopic (exact) mass is 279 g/mol. The van der Waals surface area contributed by atoms with Crippen LogP contribution in [0.25, 0.3) is 0 Å². The van der Waals surface area contributed by atoms with Crippen LogP contribution >= 0.6 is 11.6 Å². The maximum absolute atomic E-state index is 5.76. The van der Waals surface area contributed by atoms with E-state index in [0.29, 0.717) is 5.92 Å². The van der Waals surface area contributed by atoms with Gasteiger partial charge in [0.1, 0.15) is 0 Å². The number of nitrogens with zero attached hydrogens (tertiary/aromatic N) is 1. The fourth-order valence-corrected chi connectivity index (χ4v) is 2.12. The average Bonchev–Trinajstić information content (AvgIpc) is 2.36. The fourth-order valence-electron chi connectivity index (χ4n) is 1.74. The summed E-state index contributed by atoms with van der Waals surface area (Å²) >= 11 is 5.76. The Morgan fingerprint density at radius 2 is 1.50 bits per heavy atom. The smallest absolute Gasteiger partial charge is 0.0593 e. The summed E-state index contributed by atoms with van der Waals surface area (Å²) in [5, 5.41) is 0. The van der Waals surface area contributed by atoms with E-state index < -0.39 is 0 Å². The van der Waals surface area contributed by atoms with Crippen molar-refractivity contribution in [2.24, 2.45) is 5.92 Å². The molecule has 0 saturated heterocycles. The van der Waals surface area contributed by atoms with Crippen LogP contribution < -0.4 is 0 Å². The molecule has 0 aromatic heterocycles. The van der Waals surface area contributed by atoms with Crippen LogP contribution in [-0.2, 0) is 9.47 Å². The molecule has 0 bridgehead atoms. The Morgan fingerprint density at radius 1 is 0.944 bits per heavy atom. The lowest BCUT2D eigenvalue weighted by Gasteiger charge is -2.23. The first-order valence-electron chi connectivity index (χ1n) is 7.18. The van der Waals surface area contributed by atoms with Gasteiger partial charge in [0.15, 0.2) is 0 Å². The zero-order valence-corrected chi connectivity index (χ0v) is 13.0. The molecule has 1 unspecified atom stereocenters. The third-order valence-electron chi connectivity index (χ3n) is 3.05. The van der Waals surface area contributed by atoms with E-state index in [1.54, 1.807) is 0 Å². The molecule has 0 aliphatic heterocycles. The number of ether oxygens (including phenoxy) is 2. The van der Waals surface area contributed by atoms with Crippen molar-refractivity contribution in [3.8, 4) is 0 Å². The van der Waals surface area contributed by atoms with Crippen molar-refractivity contribution in [1.29, 1.82) is 0 Å². The largest absolute Gasteiger partial charge is 0.380 e. The van der Waals surface area contributed by atoms with Gasteiger partial charge in [-0.3, -0.25) is 4.90 Å². The Labute approximate surface area is 118 Å². The highest BCUT2D eigenvalue weighted by Crippen LogP contribution is 2.09. The maximum Gasteiger partial charge on any atom is 0.0593 e. The molecule has 18 heavy (non-hydrogen) atoms. The maximum atomic E-state index is 5.76. The summed E-state index contributed by atoms with van der Waals surface area (Å²) in [7, 11) is 0. The Hall–Kier alpha value is 0.170. The van der Waals surface area contributed by atoms with E-state index in [-0.39, 0.29) is 0 Å². The predicted octanol–water partition coefficient (Wildman–Crippen LogP) is 3.02. The van der Waals surface area contributed by atoms with Gasteiger partial charge in [0.05, 0.1) is 13.2 Å². The lowest BCUT2D eigenvalue weighted by Crippen LogP contribution is -2.32. The Morgan fingerprint density at radius 3 is 1.94 bits per heavy atom. The van der Waals surface area contributed by atoms with Gasteiger partial charge in [-0.15, -0.1) is 11.6 Å². The van der Waals surface area contributed by atoms with Crippen molar-refractivity contribution in [3.05, 3.63) is 0 Å². The topological polar surface area (TPSA) is 21.7 Å². The van der Waals surface area contributed by atoms with E-state index in [1.807, 2.05) is 13.8 Å². The fraction of sp³-hybridized carbons (Fsp3) is 1.00. The summed E-state index contributed by atoms with van der Waals surface area (Å²) in [6.07, 6.45) is 2.30. The van der Waals surface area contributed by atoms with Gasteiger partial charge in [-0.2, -0.15) is 0 Å². The van der Waals surface area contributed by atoms with E-state index >= 15 is 0 Å². The van der Waals surface area contributed by atoms with Crippen LogP contribution in [-0.4, -0.2) is 56.8 Å². The zero-order valence-electron chi connectivity index (χ0n) is 12.3. The number of hydrogen-bond donors (Lipinski definition) is 0. The number of halogens is 1. The summed E-state index contributed by atoms with van der Waals surface area (Å²) in [5.74, 6) is 1.46. The van der Waals surface area contributed by atoms with Crippen LogP contribution in [0.5, 0.6) is 0 Å². The summed E-state index contributed by atoms with van der Waals surface area (Å²) in [4.78, 5) is 2.43. The predicted molar refractivity (Wildman–Crippen MR) is 78.5 cm³/mol. The Balaban J connectivity index is 3.79. The van der Waals surface area contributed by atoms with Crippen molar-refractivity contribution in [3.63, 3.8) is 0 Å². The highest BCUT2D eigenvalue weighted by atomic mass is 35.5.